The van der Waals surface area contributed by atoms with Gasteiger partial charge in [0.1, 0.15) is 0 Å². The predicted molar refractivity (Wildman–Crippen MR) is 89.8 cm³/mol. The second-order valence-electron chi connectivity index (χ2n) is 7.16. The molecule has 2 saturated carbocycles. The highest BCUT2D eigenvalue weighted by Crippen LogP contribution is 2.49. The summed E-state index contributed by atoms with van der Waals surface area (Å²) >= 11 is 0. The van der Waals surface area contributed by atoms with Crippen LogP contribution in [0.15, 0.2) is 42.5 Å². The van der Waals surface area contributed by atoms with E-state index in [1.807, 2.05) is 30.3 Å². The first kappa shape index (κ1) is 13.8. The van der Waals surface area contributed by atoms with E-state index in [1.165, 1.54) is 31.1 Å². The molecule has 4 atom stereocenters. The van der Waals surface area contributed by atoms with Gasteiger partial charge in [0.2, 0.25) is 0 Å². The summed E-state index contributed by atoms with van der Waals surface area (Å²) in [6.07, 6.45) is 5.47. The Balaban J connectivity index is 1.48. The first-order valence-corrected chi connectivity index (χ1v) is 8.50. The predicted octanol–water partition coefficient (Wildman–Crippen LogP) is 4.39. The average Bonchev–Trinajstić information content (AvgIpc) is 3.17. The highest BCUT2D eigenvalue weighted by molar-refractivity contribution is 5.98. The highest BCUT2D eigenvalue weighted by atomic mass is 16.1. The van der Waals surface area contributed by atoms with Crippen molar-refractivity contribution >= 4 is 16.7 Å². The van der Waals surface area contributed by atoms with E-state index in [0.717, 1.165) is 22.8 Å². The summed E-state index contributed by atoms with van der Waals surface area (Å²) < 4.78 is 0. The summed E-state index contributed by atoms with van der Waals surface area (Å²) in [7, 11) is 0. The van der Waals surface area contributed by atoms with E-state index in [2.05, 4.69) is 24.4 Å². The van der Waals surface area contributed by atoms with Gasteiger partial charge in [-0.25, -0.2) is 0 Å². The molecule has 2 nitrogen and oxygen atoms in total. The van der Waals surface area contributed by atoms with Crippen LogP contribution in [0.25, 0.3) is 10.8 Å². The third-order valence-corrected chi connectivity index (χ3v) is 5.81. The molecule has 2 bridgehead atoms. The van der Waals surface area contributed by atoms with Gasteiger partial charge in [0, 0.05) is 11.6 Å². The normalized spacial score (nSPS) is 28.0. The zero-order valence-corrected chi connectivity index (χ0v) is 13.1. The van der Waals surface area contributed by atoms with Crippen molar-refractivity contribution in [3.8, 4) is 0 Å². The lowest BCUT2D eigenvalue weighted by Crippen LogP contribution is -2.40. The molecule has 0 aliphatic heterocycles. The van der Waals surface area contributed by atoms with Crippen LogP contribution in [-0.4, -0.2) is 11.9 Å². The Bertz CT molecular complexity index is 708. The van der Waals surface area contributed by atoms with Crippen LogP contribution in [0, 0.1) is 17.8 Å². The van der Waals surface area contributed by atoms with Crippen molar-refractivity contribution in [3.63, 3.8) is 0 Å². The fourth-order valence-corrected chi connectivity index (χ4v) is 4.63. The van der Waals surface area contributed by atoms with Gasteiger partial charge in [-0.05, 0) is 66.8 Å². The van der Waals surface area contributed by atoms with Gasteiger partial charge in [0.05, 0.1) is 0 Å². The van der Waals surface area contributed by atoms with Gasteiger partial charge < -0.3 is 5.32 Å². The summed E-state index contributed by atoms with van der Waals surface area (Å²) in [6, 6.07) is 14.4. The Morgan fingerprint density at radius 2 is 1.91 bits per heavy atom. The summed E-state index contributed by atoms with van der Waals surface area (Å²) in [5.74, 6) is 2.52. The van der Waals surface area contributed by atoms with Gasteiger partial charge in [-0.15, -0.1) is 0 Å². The lowest BCUT2D eigenvalue weighted by molar-refractivity contribution is 0.0915. The monoisotopic (exact) mass is 293 g/mol. The van der Waals surface area contributed by atoms with Crippen LogP contribution < -0.4 is 5.32 Å². The van der Waals surface area contributed by atoms with Crippen molar-refractivity contribution in [1.82, 2.24) is 5.32 Å². The van der Waals surface area contributed by atoms with Crippen molar-refractivity contribution in [1.29, 1.82) is 0 Å². The van der Waals surface area contributed by atoms with Crippen LogP contribution in [0.5, 0.6) is 0 Å². The van der Waals surface area contributed by atoms with Crippen LogP contribution in [0.3, 0.4) is 0 Å². The SMILES string of the molecule is CC(NC(=O)c1ccc2ccccc2c1)C1CC2CCC1C2. The van der Waals surface area contributed by atoms with Gasteiger partial charge in [-0.2, -0.15) is 0 Å². The molecule has 2 fully saturated rings. The van der Waals surface area contributed by atoms with Crippen molar-refractivity contribution in [2.24, 2.45) is 17.8 Å². The smallest absolute Gasteiger partial charge is 0.251 e. The van der Waals surface area contributed by atoms with E-state index in [4.69, 9.17) is 0 Å². The molecule has 1 amide bonds. The number of hydrogen-bond donors (Lipinski definition) is 1. The van der Waals surface area contributed by atoms with Crippen molar-refractivity contribution < 1.29 is 4.79 Å². The standard InChI is InChI=1S/C20H23NO/c1-13(19-11-14-6-7-17(19)10-14)21-20(22)18-9-8-15-4-2-3-5-16(15)12-18/h2-5,8-9,12-14,17,19H,6-7,10-11H2,1H3,(H,21,22). The molecule has 1 N–H and O–H groups in total. The quantitative estimate of drug-likeness (QED) is 0.893. The van der Waals surface area contributed by atoms with E-state index in [1.54, 1.807) is 0 Å². The first-order valence-electron chi connectivity index (χ1n) is 8.50. The first-order chi connectivity index (χ1) is 10.7. The van der Waals surface area contributed by atoms with E-state index >= 15 is 0 Å². The molecular formula is C20H23NO. The number of carbonyl (C=O) groups is 1. The molecule has 0 saturated heterocycles. The molecule has 0 heterocycles. The second kappa shape index (κ2) is 5.42. The maximum absolute atomic E-state index is 12.6. The molecule has 22 heavy (non-hydrogen) atoms. The number of carbonyl (C=O) groups excluding carboxylic acids is 1. The van der Waals surface area contributed by atoms with Crippen LogP contribution in [0.2, 0.25) is 0 Å². The molecule has 0 spiro atoms. The Hall–Kier alpha value is -1.83. The Labute approximate surface area is 131 Å². The van der Waals surface area contributed by atoms with E-state index in [9.17, 15) is 4.79 Å². The summed E-state index contributed by atoms with van der Waals surface area (Å²) in [4.78, 5) is 12.6. The highest BCUT2D eigenvalue weighted by Gasteiger charge is 2.42. The van der Waals surface area contributed by atoms with Crippen LogP contribution >= 0.6 is 0 Å². The lowest BCUT2D eigenvalue weighted by atomic mass is 9.84. The van der Waals surface area contributed by atoms with Gasteiger partial charge in [0.25, 0.3) is 5.91 Å². The molecule has 4 unspecified atom stereocenters. The number of benzene rings is 2. The minimum absolute atomic E-state index is 0.0704. The van der Waals surface area contributed by atoms with E-state index in [0.29, 0.717) is 5.92 Å². The number of rotatable bonds is 3. The maximum atomic E-state index is 12.6. The zero-order chi connectivity index (χ0) is 15.1. The van der Waals surface area contributed by atoms with Crippen LogP contribution in [-0.2, 0) is 0 Å². The van der Waals surface area contributed by atoms with Crippen LogP contribution in [0.4, 0.5) is 0 Å². The fourth-order valence-electron chi connectivity index (χ4n) is 4.63. The summed E-state index contributed by atoms with van der Waals surface area (Å²) in [5, 5.41) is 5.56. The molecule has 0 radical (unpaired) electrons. The van der Waals surface area contributed by atoms with E-state index < -0.39 is 0 Å². The minimum Gasteiger partial charge on any atom is -0.349 e. The van der Waals surface area contributed by atoms with Crippen molar-refractivity contribution in [3.05, 3.63) is 48.0 Å². The van der Waals surface area contributed by atoms with Crippen molar-refractivity contribution in [2.75, 3.05) is 0 Å². The largest absolute Gasteiger partial charge is 0.349 e. The minimum atomic E-state index is 0.0704. The van der Waals surface area contributed by atoms with Gasteiger partial charge in [0.15, 0.2) is 0 Å². The van der Waals surface area contributed by atoms with Crippen LogP contribution in [0.1, 0.15) is 43.0 Å². The topological polar surface area (TPSA) is 29.1 Å². The lowest BCUT2D eigenvalue weighted by Gasteiger charge is -2.28. The molecule has 4 rings (SSSR count). The van der Waals surface area contributed by atoms with Crippen molar-refractivity contribution in [2.45, 2.75) is 38.6 Å². The Morgan fingerprint density at radius 3 is 2.64 bits per heavy atom. The fraction of sp³-hybridized carbons (Fsp3) is 0.450. The number of fused-ring (bicyclic) bond motifs is 3. The third-order valence-electron chi connectivity index (χ3n) is 5.81. The number of nitrogens with one attached hydrogen (secondary N) is 1. The molecule has 2 aliphatic carbocycles. The second-order valence-corrected chi connectivity index (χ2v) is 7.16. The van der Waals surface area contributed by atoms with Gasteiger partial charge >= 0.3 is 0 Å². The van der Waals surface area contributed by atoms with Gasteiger partial charge in [-0.1, -0.05) is 36.8 Å². The maximum Gasteiger partial charge on any atom is 0.251 e. The summed E-state index contributed by atoms with van der Waals surface area (Å²) in [5.41, 5.74) is 0.772. The molecule has 0 aromatic heterocycles. The molecule has 2 aromatic carbocycles. The summed E-state index contributed by atoms with van der Waals surface area (Å²) in [6.45, 7) is 2.18. The third kappa shape index (κ3) is 2.41. The number of amides is 1. The average molecular weight is 293 g/mol. The Kier molecular flexibility index (Phi) is 3.40. The molecular weight excluding hydrogens is 270 g/mol. The molecule has 114 valence electrons. The molecule has 2 aromatic rings. The Morgan fingerprint density at radius 1 is 1.09 bits per heavy atom. The van der Waals surface area contributed by atoms with E-state index in [-0.39, 0.29) is 11.9 Å². The number of hydrogen-bond acceptors (Lipinski definition) is 1. The molecule has 2 heteroatoms. The van der Waals surface area contributed by atoms with Gasteiger partial charge in [-0.3, -0.25) is 4.79 Å². The zero-order valence-electron chi connectivity index (χ0n) is 13.1. The molecule has 2 aliphatic rings.